The average molecular weight is 260 g/mol. The summed E-state index contributed by atoms with van der Waals surface area (Å²) < 4.78 is 4.58. The molecule has 0 radical (unpaired) electrons. The largest absolute Gasteiger partial charge is 0.456 e. The van der Waals surface area contributed by atoms with Crippen LogP contribution in [0.15, 0.2) is 0 Å². The summed E-state index contributed by atoms with van der Waals surface area (Å²) in [5.41, 5.74) is -2.87. The minimum absolute atomic E-state index is 0.861. The molecule has 0 aromatic rings. The third-order valence-electron chi connectivity index (χ3n) is 2.35. The summed E-state index contributed by atoms with van der Waals surface area (Å²) in [5.74, 6) is -4.50. The summed E-state index contributed by atoms with van der Waals surface area (Å²) in [7, 11) is 0. The van der Waals surface area contributed by atoms with Crippen LogP contribution >= 0.6 is 0 Å². The van der Waals surface area contributed by atoms with E-state index in [1.807, 2.05) is 0 Å². The second-order valence-electron chi connectivity index (χ2n) is 3.98. The van der Waals surface area contributed by atoms with Crippen molar-refractivity contribution in [1.82, 2.24) is 0 Å². The standard InChI is InChI=1S/C11H16O7/c1-5(12)9(16)11(17,7(3)14)10(6(2)13)18-8(4)15/h6,10,13,17H,1-4H3. The predicted octanol–water partition coefficient (Wildman–Crippen LogP) is -1.22. The van der Waals surface area contributed by atoms with Crippen LogP contribution in [0.5, 0.6) is 0 Å². The number of aliphatic hydroxyl groups excluding tert-OH is 1. The monoisotopic (exact) mass is 260 g/mol. The second-order valence-corrected chi connectivity index (χ2v) is 3.98. The van der Waals surface area contributed by atoms with E-state index in [1.165, 1.54) is 0 Å². The van der Waals surface area contributed by atoms with E-state index in [4.69, 9.17) is 0 Å². The number of carbonyl (C=O) groups excluding carboxylic acids is 4. The van der Waals surface area contributed by atoms with Gasteiger partial charge in [-0.3, -0.25) is 19.2 Å². The lowest BCUT2D eigenvalue weighted by Gasteiger charge is -2.32. The Morgan fingerprint density at radius 2 is 1.56 bits per heavy atom. The van der Waals surface area contributed by atoms with E-state index in [0.29, 0.717) is 0 Å². The lowest BCUT2D eigenvalue weighted by Crippen LogP contribution is -2.61. The van der Waals surface area contributed by atoms with Crippen LogP contribution in [0.25, 0.3) is 0 Å². The molecule has 0 rings (SSSR count). The highest BCUT2D eigenvalue weighted by molar-refractivity contribution is 6.44. The predicted molar refractivity (Wildman–Crippen MR) is 58.6 cm³/mol. The molecule has 0 aliphatic carbocycles. The van der Waals surface area contributed by atoms with Gasteiger partial charge < -0.3 is 14.9 Å². The first kappa shape index (κ1) is 16.4. The minimum atomic E-state index is -2.87. The maximum absolute atomic E-state index is 11.6. The molecule has 0 heterocycles. The number of aliphatic hydroxyl groups is 2. The number of hydrogen-bond donors (Lipinski definition) is 2. The second kappa shape index (κ2) is 5.83. The molecule has 0 spiro atoms. The maximum atomic E-state index is 11.6. The third kappa shape index (κ3) is 3.21. The number of hydrogen-bond acceptors (Lipinski definition) is 7. The van der Waals surface area contributed by atoms with E-state index >= 15 is 0 Å². The molecule has 0 aromatic heterocycles. The van der Waals surface area contributed by atoms with Crippen LogP contribution in [-0.2, 0) is 23.9 Å². The molecule has 7 nitrogen and oxygen atoms in total. The Hall–Kier alpha value is -1.60. The van der Waals surface area contributed by atoms with E-state index in [-0.39, 0.29) is 0 Å². The van der Waals surface area contributed by atoms with Crippen LogP contribution in [0.4, 0.5) is 0 Å². The van der Waals surface area contributed by atoms with E-state index in [2.05, 4.69) is 4.74 Å². The fourth-order valence-corrected chi connectivity index (χ4v) is 1.47. The van der Waals surface area contributed by atoms with Gasteiger partial charge >= 0.3 is 5.97 Å². The van der Waals surface area contributed by atoms with Gasteiger partial charge in [0.25, 0.3) is 0 Å². The Balaban J connectivity index is 5.67. The molecule has 3 atom stereocenters. The van der Waals surface area contributed by atoms with E-state index in [9.17, 15) is 29.4 Å². The zero-order valence-electron chi connectivity index (χ0n) is 10.6. The summed E-state index contributed by atoms with van der Waals surface area (Å²) in [6.45, 7) is 3.83. The lowest BCUT2D eigenvalue weighted by molar-refractivity contribution is -0.186. The number of carbonyl (C=O) groups is 4. The van der Waals surface area contributed by atoms with Crippen molar-refractivity contribution in [3.63, 3.8) is 0 Å². The minimum Gasteiger partial charge on any atom is -0.456 e. The normalized spacial score (nSPS) is 17.2. The van der Waals surface area contributed by atoms with E-state index in [1.54, 1.807) is 0 Å². The van der Waals surface area contributed by atoms with E-state index in [0.717, 1.165) is 27.7 Å². The van der Waals surface area contributed by atoms with Gasteiger partial charge in [0.15, 0.2) is 17.7 Å². The van der Waals surface area contributed by atoms with Gasteiger partial charge in [0, 0.05) is 13.8 Å². The summed E-state index contributed by atoms with van der Waals surface area (Å²) in [6, 6.07) is 0. The summed E-state index contributed by atoms with van der Waals surface area (Å²) in [4.78, 5) is 44.9. The van der Waals surface area contributed by atoms with Crippen LogP contribution in [0.1, 0.15) is 27.7 Å². The first-order valence-corrected chi connectivity index (χ1v) is 5.19. The van der Waals surface area contributed by atoms with Crippen molar-refractivity contribution in [1.29, 1.82) is 0 Å². The van der Waals surface area contributed by atoms with Gasteiger partial charge in [0.2, 0.25) is 11.4 Å². The molecular weight excluding hydrogens is 244 g/mol. The molecule has 18 heavy (non-hydrogen) atoms. The number of esters is 1. The molecule has 0 saturated heterocycles. The number of Topliss-reactive ketones (excluding diaryl/α,β-unsaturated/α-hetero) is 3. The van der Waals surface area contributed by atoms with Gasteiger partial charge in [-0.2, -0.15) is 0 Å². The van der Waals surface area contributed by atoms with Crippen molar-refractivity contribution in [2.24, 2.45) is 0 Å². The Bertz CT molecular complexity index is 385. The van der Waals surface area contributed by atoms with Crippen molar-refractivity contribution >= 4 is 23.3 Å². The highest BCUT2D eigenvalue weighted by atomic mass is 16.6. The van der Waals surface area contributed by atoms with Crippen molar-refractivity contribution in [3.8, 4) is 0 Å². The Kier molecular flexibility index (Phi) is 5.31. The first-order chi connectivity index (χ1) is 8.05. The van der Waals surface area contributed by atoms with Crippen LogP contribution in [0, 0.1) is 0 Å². The summed E-state index contributed by atoms with van der Waals surface area (Å²) in [6.07, 6.45) is -3.34. The molecule has 102 valence electrons. The van der Waals surface area contributed by atoms with Crippen molar-refractivity contribution in [3.05, 3.63) is 0 Å². The highest BCUT2D eigenvalue weighted by Gasteiger charge is 2.53. The highest BCUT2D eigenvalue weighted by Crippen LogP contribution is 2.21. The molecule has 2 N–H and O–H groups in total. The van der Waals surface area contributed by atoms with Gasteiger partial charge in [-0.15, -0.1) is 0 Å². The van der Waals surface area contributed by atoms with Gasteiger partial charge in [-0.1, -0.05) is 0 Å². The number of rotatable bonds is 6. The molecule has 0 bridgehead atoms. The fourth-order valence-electron chi connectivity index (χ4n) is 1.47. The Morgan fingerprint density at radius 1 is 1.11 bits per heavy atom. The molecule has 0 saturated carbocycles. The summed E-state index contributed by atoms with van der Waals surface area (Å²) in [5, 5.41) is 19.5. The topological polar surface area (TPSA) is 118 Å². The van der Waals surface area contributed by atoms with Crippen LogP contribution in [-0.4, -0.2) is 51.3 Å². The van der Waals surface area contributed by atoms with E-state index < -0.39 is 41.1 Å². The van der Waals surface area contributed by atoms with Gasteiger partial charge in [-0.05, 0) is 13.8 Å². The quantitative estimate of drug-likeness (QED) is 0.349. The number of ketones is 3. The fraction of sp³-hybridized carbons (Fsp3) is 0.636. The molecule has 0 aliphatic heterocycles. The molecule has 0 aromatic carbocycles. The molecule has 0 fully saturated rings. The Labute approximate surface area is 104 Å². The maximum Gasteiger partial charge on any atom is 0.303 e. The van der Waals surface area contributed by atoms with Crippen LogP contribution < -0.4 is 0 Å². The van der Waals surface area contributed by atoms with Gasteiger partial charge in [-0.25, -0.2) is 0 Å². The first-order valence-electron chi connectivity index (χ1n) is 5.19. The van der Waals surface area contributed by atoms with Crippen LogP contribution in [0.2, 0.25) is 0 Å². The van der Waals surface area contributed by atoms with Crippen LogP contribution in [0.3, 0.4) is 0 Å². The lowest BCUT2D eigenvalue weighted by atomic mass is 9.83. The SMILES string of the molecule is CC(=O)OC(C(C)O)C(O)(C(C)=O)C(=O)C(C)=O. The smallest absolute Gasteiger partial charge is 0.303 e. The molecule has 0 aliphatic rings. The Morgan fingerprint density at radius 3 is 1.78 bits per heavy atom. The zero-order chi connectivity index (χ0) is 14.7. The van der Waals surface area contributed by atoms with Crippen molar-refractivity contribution in [2.45, 2.75) is 45.5 Å². The molecule has 7 heteroatoms. The molecular formula is C11H16O7. The summed E-state index contributed by atoms with van der Waals surface area (Å²) >= 11 is 0. The average Bonchev–Trinajstić information content (AvgIpc) is 2.22. The van der Waals surface area contributed by atoms with Crippen molar-refractivity contribution in [2.75, 3.05) is 0 Å². The number of ether oxygens (including phenoxy) is 1. The molecule has 0 amide bonds. The zero-order valence-corrected chi connectivity index (χ0v) is 10.6. The van der Waals surface area contributed by atoms with Gasteiger partial charge in [0.1, 0.15) is 0 Å². The van der Waals surface area contributed by atoms with Gasteiger partial charge in [0.05, 0.1) is 6.10 Å². The third-order valence-corrected chi connectivity index (χ3v) is 2.35. The molecule has 3 unspecified atom stereocenters. The van der Waals surface area contributed by atoms with Crippen molar-refractivity contribution < 1.29 is 34.1 Å².